The fourth-order valence-electron chi connectivity index (χ4n) is 1.25. The second-order valence-corrected chi connectivity index (χ2v) is 3.65. The molecular weight excluding hydrogens is 288 g/mol. The minimum Gasteiger partial charge on any atom is -0.382 e. The van der Waals surface area contributed by atoms with Gasteiger partial charge in [-0.2, -0.15) is 35.1 Å². The van der Waals surface area contributed by atoms with Gasteiger partial charge < -0.3 is 5.11 Å². The van der Waals surface area contributed by atoms with Gasteiger partial charge in [0.25, 0.3) is 0 Å². The van der Waals surface area contributed by atoms with Crippen molar-refractivity contribution in [1.29, 1.82) is 0 Å². The largest absolute Gasteiger partial charge is 0.456 e. The van der Waals surface area contributed by atoms with Crippen LogP contribution in [0.1, 0.15) is 17.2 Å². The summed E-state index contributed by atoms with van der Waals surface area (Å²) in [5, 5.41) is 8.94. The van der Waals surface area contributed by atoms with Crippen LogP contribution >= 0.6 is 0 Å². The zero-order chi connectivity index (χ0) is 15.1. The molecule has 0 aromatic heterocycles. The number of benzene rings is 1. The van der Waals surface area contributed by atoms with E-state index in [1.165, 1.54) is 0 Å². The zero-order valence-electron chi connectivity index (χ0n) is 8.86. The van der Waals surface area contributed by atoms with E-state index in [0.717, 1.165) is 0 Å². The van der Waals surface area contributed by atoms with E-state index in [1.54, 1.807) is 0 Å². The number of hydrogen-bond donors (Lipinski definition) is 1. The maximum atomic E-state index is 12.8. The van der Waals surface area contributed by atoms with Crippen molar-refractivity contribution in [3.8, 4) is 0 Å². The maximum Gasteiger partial charge on any atom is 0.456 e. The van der Waals surface area contributed by atoms with E-state index >= 15 is 0 Å². The van der Waals surface area contributed by atoms with E-state index in [2.05, 4.69) is 0 Å². The summed E-state index contributed by atoms with van der Waals surface area (Å²) in [4.78, 5) is 0. The predicted molar refractivity (Wildman–Crippen MR) is 47.4 cm³/mol. The van der Waals surface area contributed by atoms with E-state index in [-0.39, 0.29) is 6.07 Å². The van der Waals surface area contributed by atoms with Crippen LogP contribution in [-0.4, -0.2) is 17.2 Å². The van der Waals surface area contributed by atoms with Gasteiger partial charge in [-0.3, -0.25) is 0 Å². The molecule has 0 spiro atoms. The number of hydrogen-bond acceptors (Lipinski definition) is 1. The van der Waals surface area contributed by atoms with E-state index in [1.807, 2.05) is 0 Å². The second kappa shape index (κ2) is 4.62. The zero-order valence-corrected chi connectivity index (χ0v) is 8.86. The van der Waals surface area contributed by atoms with Gasteiger partial charge in [-0.1, -0.05) is 12.1 Å². The molecule has 1 nitrogen and oxygen atoms in total. The fourth-order valence-corrected chi connectivity index (χ4v) is 1.25. The molecule has 0 bridgehead atoms. The summed E-state index contributed by atoms with van der Waals surface area (Å²) in [7, 11) is 0. The normalized spacial score (nSPS) is 15.4. The van der Waals surface area contributed by atoms with Crippen molar-refractivity contribution in [3.05, 3.63) is 35.4 Å². The van der Waals surface area contributed by atoms with E-state index in [9.17, 15) is 35.1 Å². The third-order valence-electron chi connectivity index (χ3n) is 2.25. The van der Waals surface area contributed by atoms with Crippen molar-refractivity contribution in [2.75, 3.05) is 0 Å². The Bertz CT molecular complexity index is 448. The molecule has 0 heterocycles. The second-order valence-electron chi connectivity index (χ2n) is 3.65. The van der Waals surface area contributed by atoms with Crippen molar-refractivity contribution in [3.63, 3.8) is 0 Å². The summed E-state index contributed by atoms with van der Waals surface area (Å²) in [5.74, 6) is -5.54. The molecule has 9 heteroatoms. The molecule has 1 aromatic rings. The molecule has 0 aliphatic rings. The average molecular weight is 294 g/mol. The first-order valence-electron chi connectivity index (χ1n) is 4.67. The lowest BCUT2D eigenvalue weighted by molar-refractivity contribution is -0.315. The highest BCUT2D eigenvalue weighted by Crippen LogP contribution is 2.45. The van der Waals surface area contributed by atoms with Gasteiger partial charge in [-0.25, -0.2) is 0 Å². The molecule has 19 heavy (non-hydrogen) atoms. The van der Waals surface area contributed by atoms with Crippen LogP contribution < -0.4 is 0 Å². The smallest absolute Gasteiger partial charge is 0.382 e. The Balaban J connectivity index is 3.18. The van der Waals surface area contributed by atoms with Gasteiger partial charge in [0.05, 0.1) is 5.56 Å². The average Bonchev–Trinajstić information content (AvgIpc) is 2.25. The lowest BCUT2D eigenvalue weighted by Crippen LogP contribution is -2.42. The molecule has 1 N–H and O–H groups in total. The molecule has 0 aliphatic carbocycles. The van der Waals surface area contributed by atoms with Crippen LogP contribution in [0.25, 0.3) is 0 Å². The number of aliphatic hydroxyl groups is 1. The monoisotopic (exact) mass is 294 g/mol. The first-order valence-corrected chi connectivity index (χ1v) is 4.67. The van der Waals surface area contributed by atoms with Gasteiger partial charge in [0.1, 0.15) is 0 Å². The number of halogens is 8. The fraction of sp³-hybridized carbons (Fsp3) is 0.400. The molecule has 1 unspecified atom stereocenters. The summed E-state index contributed by atoms with van der Waals surface area (Å²) < 4.78 is 98.3. The van der Waals surface area contributed by atoms with Crippen molar-refractivity contribution >= 4 is 0 Å². The summed E-state index contributed by atoms with van der Waals surface area (Å²) >= 11 is 0. The summed E-state index contributed by atoms with van der Waals surface area (Å²) in [6.45, 7) is 0. The third-order valence-corrected chi connectivity index (χ3v) is 2.25. The molecule has 0 saturated heterocycles. The highest BCUT2D eigenvalue weighted by atomic mass is 19.4. The van der Waals surface area contributed by atoms with Crippen molar-refractivity contribution in [2.45, 2.75) is 24.4 Å². The predicted octanol–water partition coefficient (Wildman–Crippen LogP) is 3.94. The molecule has 0 fully saturated rings. The topological polar surface area (TPSA) is 20.2 Å². The lowest BCUT2D eigenvalue weighted by Gasteiger charge is -2.25. The SMILES string of the molecule is OC(c1cccc(C(F)(F)F)c1)C(F)(F)C(F)(F)F. The highest BCUT2D eigenvalue weighted by molar-refractivity contribution is 5.28. The Morgan fingerprint density at radius 1 is 0.895 bits per heavy atom. The minimum atomic E-state index is -6.07. The van der Waals surface area contributed by atoms with Crippen LogP contribution in [0.5, 0.6) is 0 Å². The Morgan fingerprint density at radius 2 is 1.42 bits per heavy atom. The van der Waals surface area contributed by atoms with Crippen LogP contribution in [0.15, 0.2) is 24.3 Å². The van der Waals surface area contributed by atoms with Crippen LogP contribution in [0.3, 0.4) is 0 Å². The van der Waals surface area contributed by atoms with Gasteiger partial charge in [0.2, 0.25) is 0 Å². The Kier molecular flexibility index (Phi) is 3.81. The number of aliphatic hydroxyl groups excluding tert-OH is 1. The van der Waals surface area contributed by atoms with Crippen LogP contribution in [-0.2, 0) is 6.18 Å². The molecular formula is C10H6F8O. The molecule has 1 aromatic carbocycles. The first-order chi connectivity index (χ1) is 8.37. The summed E-state index contributed by atoms with van der Waals surface area (Å²) in [6.07, 6.45) is -14.4. The van der Waals surface area contributed by atoms with Crippen LogP contribution in [0.2, 0.25) is 0 Å². The molecule has 0 radical (unpaired) electrons. The molecule has 1 atom stereocenters. The van der Waals surface area contributed by atoms with Crippen molar-refractivity contribution < 1.29 is 40.2 Å². The third kappa shape index (κ3) is 3.14. The highest BCUT2D eigenvalue weighted by Gasteiger charge is 2.62. The Hall–Kier alpha value is -1.38. The van der Waals surface area contributed by atoms with Crippen molar-refractivity contribution in [1.82, 2.24) is 0 Å². The van der Waals surface area contributed by atoms with Crippen LogP contribution in [0, 0.1) is 0 Å². The van der Waals surface area contributed by atoms with Gasteiger partial charge >= 0.3 is 18.3 Å². The minimum absolute atomic E-state index is 0.0459. The van der Waals surface area contributed by atoms with E-state index < -0.39 is 35.5 Å². The van der Waals surface area contributed by atoms with E-state index in [4.69, 9.17) is 5.11 Å². The van der Waals surface area contributed by atoms with Gasteiger partial charge in [0.15, 0.2) is 6.10 Å². The van der Waals surface area contributed by atoms with E-state index in [0.29, 0.717) is 18.2 Å². The van der Waals surface area contributed by atoms with Crippen LogP contribution in [0.4, 0.5) is 35.1 Å². The molecule has 1 rings (SSSR count). The number of rotatable bonds is 2. The summed E-state index contributed by atoms with van der Waals surface area (Å²) in [5.41, 5.74) is -2.60. The maximum absolute atomic E-state index is 12.8. The standard InChI is InChI=1S/C10H6F8O/c11-8(12,10(16,17)18)7(19)5-2-1-3-6(4-5)9(13,14)15/h1-4,7,19H. The lowest BCUT2D eigenvalue weighted by atomic mass is 10.0. The molecule has 0 amide bonds. The molecule has 108 valence electrons. The molecule has 0 saturated carbocycles. The van der Waals surface area contributed by atoms with Gasteiger partial charge in [0, 0.05) is 0 Å². The van der Waals surface area contributed by atoms with Crippen molar-refractivity contribution in [2.24, 2.45) is 0 Å². The first kappa shape index (κ1) is 15.7. The van der Waals surface area contributed by atoms with Gasteiger partial charge in [-0.05, 0) is 17.7 Å². The van der Waals surface area contributed by atoms with Gasteiger partial charge in [-0.15, -0.1) is 0 Å². The molecule has 0 aliphatic heterocycles. The Morgan fingerprint density at radius 3 is 1.84 bits per heavy atom. The Labute approximate surface area is 101 Å². The number of alkyl halides is 8. The quantitative estimate of drug-likeness (QED) is 0.819. The summed E-state index contributed by atoms with van der Waals surface area (Å²) in [6, 6.07) is 1.72.